The average Bonchev–Trinajstić information content (AvgIpc) is 2.76. The first-order valence-corrected chi connectivity index (χ1v) is 7.66. The van der Waals surface area contributed by atoms with Crippen molar-refractivity contribution in [3.05, 3.63) is 20.8 Å². The monoisotopic (exact) mass is 332 g/mol. The molecule has 1 aromatic rings. The highest BCUT2D eigenvalue weighted by molar-refractivity contribution is 9.11. The summed E-state index contributed by atoms with van der Waals surface area (Å²) < 4.78 is 6.34. The van der Waals surface area contributed by atoms with E-state index in [2.05, 4.69) is 26.1 Å². The zero-order valence-electron chi connectivity index (χ0n) is 10.2. The summed E-state index contributed by atoms with van der Waals surface area (Å²) in [4.78, 5) is 15.1. The molecule has 1 N–H and O–H groups in total. The van der Waals surface area contributed by atoms with Crippen LogP contribution in [0.2, 0.25) is 0 Å². The van der Waals surface area contributed by atoms with Gasteiger partial charge in [-0.25, -0.2) is 0 Å². The predicted molar refractivity (Wildman–Crippen MR) is 76.0 cm³/mol. The minimum absolute atomic E-state index is 0.0950. The van der Waals surface area contributed by atoms with Gasteiger partial charge in [-0.2, -0.15) is 0 Å². The molecule has 1 saturated heterocycles. The van der Waals surface area contributed by atoms with E-state index in [-0.39, 0.29) is 5.91 Å². The van der Waals surface area contributed by atoms with Crippen molar-refractivity contribution in [2.75, 3.05) is 39.4 Å². The zero-order chi connectivity index (χ0) is 12.8. The van der Waals surface area contributed by atoms with Crippen molar-refractivity contribution in [1.29, 1.82) is 0 Å². The van der Waals surface area contributed by atoms with Gasteiger partial charge < -0.3 is 10.1 Å². The number of nitrogens with one attached hydrogen (secondary N) is 1. The molecule has 1 amide bonds. The normalized spacial score (nSPS) is 16.7. The van der Waals surface area contributed by atoms with Crippen molar-refractivity contribution >= 4 is 33.2 Å². The molecule has 2 rings (SSSR count). The molecule has 4 nitrogen and oxygen atoms in total. The second kappa shape index (κ2) is 7.23. The molecule has 1 aliphatic heterocycles. The lowest BCUT2D eigenvalue weighted by atomic mass is 10.3. The fourth-order valence-corrected chi connectivity index (χ4v) is 3.33. The lowest BCUT2D eigenvalue weighted by Gasteiger charge is -2.26. The second-order valence-corrected chi connectivity index (χ2v) is 6.73. The topological polar surface area (TPSA) is 41.6 Å². The van der Waals surface area contributed by atoms with Crippen molar-refractivity contribution in [3.8, 4) is 0 Å². The van der Waals surface area contributed by atoms with Crippen LogP contribution in [0, 0.1) is 0 Å². The Hall–Kier alpha value is -0.430. The summed E-state index contributed by atoms with van der Waals surface area (Å²) in [7, 11) is 0. The number of carbonyl (C=O) groups excluding carboxylic acids is 1. The third-order valence-electron chi connectivity index (χ3n) is 2.82. The number of nitrogens with zero attached hydrogens (tertiary/aromatic N) is 1. The molecule has 2 heterocycles. The Morgan fingerprint density at radius 2 is 2.22 bits per heavy atom. The maximum Gasteiger partial charge on any atom is 0.225 e. The Morgan fingerprint density at radius 3 is 2.89 bits per heavy atom. The van der Waals surface area contributed by atoms with E-state index in [9.17, 15) is 4.79 Å². The van der Waals surface area contributed by atoms with Gasteiger partial charge in [-0.3, -0.25) is 9.69 Å². The predicted octanol–water partition coefficient (Wildman–Crippen LogP) is 1.50. The van der Waals surface area contributed by atoms with Crippen LogP contribution in [0.15, 0.2) is 15.9 Å². The quantitative estimate of drug-likeness (QED) is 0.888. The maximum atomic E-state index is 11.7. The van der Waals surface area contributed by atoms with Gasteiger partial charge in [0.1, 0.15) is 0 Å². The SMILES string of the molecule is O=C(Cc1ccc(Br)s1)NCCN1CCOCC1. The highest BCUT2D eigenvalue weighted by Gasteiger charge is 2.10. The van der Waals surface area contributed by atoms with Crippen LogP contribution in [0.1, 0.15) is 4.88 Å². The Labute approximate surface area is 119 Å². The van der Waals surface area contributed by atoms with Crippen LogP contribution in [0.4, 0.5) is 0 Å². The molecule has 0 saturated carbocycles. The molecule has 0 atom stereocenters. The molecule has 0 bridgehead atoms. The summed E-state index contributed by atoms with van der Waals surface area (Å²) in [5.74, 6) is 0.0950. The van der Waals surface area contributed by atoms with Crippen molar-refractivity contribution < 1.29 is 9.53 Å². The third kappa shape index (κ3) is 4.68. The summed E-state index contributed by atoms with van der Waals surface area (Å²) >= 11 is 5.00. The van der Waals surface area contributed by atoms with E-state index in [0.717, 1.165) is 41.5 Å². The van der Waals surface area contributed by atoms with Gasteiger partial charge in [0.05, 0.1) is 23.4 Å². The molecule has 0 unspecified atom stereocenters. The van der Waals surface area contributed by atoms with Gasteiger partial charge in [0.25, 0.3) is 0 Å². The van der Waals surface area contributed by atoms with E-state index in [1.54, 1.807) is 11.3 Å². The molecule has 1 aliphatic rings. The standard InChI is InChI=1S/C12H17BrN2O2S/c13-11-2-1-10(18-11)9-12(16)14-3-4-15-5-7-17-8-6-15/h1-2H,3-9H2,(H,14,16). The summed E-state index contributed by atoms with van der Waals surface area (Å²) in [5, 5.41) is 2.96. The fourth-order valence-electron chi connectivity index (χ4n) is 1.85. The molecular weight excluding hydrogens is 316 g/mol. The number of hydrogen-bond acceptors (Lipinski definition) is 4. The van der Waals surface area contributed by atoms with Crippen molar-refractivity contribution in [3.63, 3.8) is 0 Å². The number of amides is 1. The number of carbonyl (C=O) groups is 1. The van der Waals surface area contributed by atoms with E-state index >= 15 is 0 Å². The first-order valence-electron chi connectivity index (χ1n) is 6.05. The minimum atomic E-state index is 0.0950. The Balaban J connectivity index is 1.62. The molecule has 0 aliphatic carbocycles. The second-order valence-electron chi connectivity index (χ2n) is 4.19. The van der Waals surface area contributed by atoms with Gasteiger partial charge in [-0.05, 0) is 28.1 Å². The lowest BCUT2D eigenvalue weighted by Crippen LogP contribution is -2.41. The first-order chi connectivity index (χ1) is 8.74. The van der Waals surface area contributed by atoms with Crippen LogP contribution >= 0.6 is 27.3 Å². The summed E-state index contributed by atoms with van der Waals surface area (Å²) in [6.07, 6.45) is 0.472. The van der Waals surface area contributed by atoms with Crippen LogP contribution in [0.5, 0.6) is 0 Å². The molecule has 6 heteroatoms. The Bertz CT molecular complexity index is 391. The molecular formula is C12H17BrN2O2S. The molecule has 0 aromatic carbocycles. The molecule has 0 radical (unpaired) electrons. The summed E-state index contributed by atoms with van der Waals surface area (Å²) in [5.41, 5.74) is 0. The van der Waals surface area contributed by atoms with E-state index in [1.807, 2.05) is 12.1 Å². The van der Waals surface area contributed by atoms with Crippen molar-refractivity contribution in [1.82, 2.24) is 10.2 Å². The molecule has 0 spiro atoms. The van der Waals surface area contributed by atoms with Crippen molar-refractivity contribution in [2.24, 2.45) is 0 Å². The zero-order valence-corrected chi connectivity index (χ0v) is 12.6. The fraction of sp³-hybridized carbons (Fsp3) is 0.583. The van der Waals surface area contributed by atoms with Gasteiger partial charge in [0, 0.05) is 31.1 Å². The third-order valence-corrected chi connectivity index (χ3v) is 4.44. The van der Waals surface area contributed by atoms with Crippen LogP contribution in [0.25, 0.3) is 0 Å². The van der Waals surface area contributed by atoms with E-state index in [1.165, 1.54) is 0 Å². The Morgan fingerprint density at radius 1 is 1.44 bits per heavy atom. The summed E-state index contributed by atoms with van der Waals surface area (Å²) in [6.45, 7) is 5.16. The van der Waals surface area contributed by atoms with Gasteiger partial charge in [0.2, 0.25) is 5.91 Å². The molecule has 18 heavy (non-hydrogen) atoms. The number of halogens is 1. The number of hydrogen-bond donors (Lipinski definition) is 1. The maximum absolute atomic E-state index is 11.7. The smallest absolute Gasteiger partial charge is 0.225 e. The molecule has 1 fully saturated rings. The van der Waals surface area contributed by atoms with Gasteiger partial charge in [-0.1, -0.05) is 0 Å². The van der Waals surface area contributed by atoms with Crippen LogP contribution < -0.4 is 5.32 Å². The lowest BCUT2D eigenvalue weighted by molar-refractivity contribution is -0.120. The van der Waals surface area contributed by atoms with E-state index < -0.39 is 0 Å². The number of morpholine rings is 1. The highest BCUT2D eigenvalue weighted by Crippen LogP contribution is 2.22. The van der Waals surface area contributed by atoms with Gasteiger partial charge >= 0.3 is 0 Å². The van der Waals surface area contributed by atoms with Gasteiger partial charge in [-0.15, -0.1) is 11.3 Å². The van der Waals surface area contributed by atoms with E-state index in [0.29, 0.717) is 13.0 Å². The molecule has 100 valence electrons. The number of ether oxygens (including phenoxy) is 1. The Kier molecular flexibility index (Phi) is 5.62. The van der Waals surface area contributed by atoms with Gasteiger partial charge in [0.15, 0.2) is 0 Å². The highest BCUT2D eigenvalue weighted by atomic mass is 79.9. The molecule has 1 aromatic heterocycles. The van der Waals surface area contributed by atoms with Crippen molar-refractivity contribution in [2.45, 2.75) is 6.42 Å². The van der Waals surface area contributed by atoms with E-state index in [4.69, 9.17) is 4.74 Å². The average molecular weight is 333 g/mol. The summed E-state index contributed by atoms with van der Waals surface area (Å²) in [6, 6.07) is 3.96. The van der Waals surface area contributed by atoms with Crippen LogP contribution in [-0.4, -0.2) is 50.2 Å². The van der Waals surface area contributed by atoms with Crippen LogP contribution in [0.3, 0.4) is 0 Å². The largest absolute Gasteiger partial charge is 0.379 e. The minimum Gasteiger partial charge on any atom is -0.379 e. The van der Waals surface area contributed by atoms with Crippen LogP contribution in [-0.2, 0) is 16.0 Å². The number of thiophene rings is 1. The number of rotatable bonds is 5. The first kappa shape index (κ1) is 14.0.